The molecule has 0 unspecified atom stereocenters. The molecule has 0 amide bonds. The van der Waals surface area contributed by atoms with Crippen molar-refractivity contribution in [2.75, 3.05) is 0 Å². The van der Waals surface area contributed by atoms with Crippen molar-refractivity contribution in [1.29, 1.82) is 0 Å². The minimum atomic E-state index is 0.124. The van der Waals surface area contributed by atoms with Gasteiger partial charge in [0.05, 0.1) is 11.2 Å². The number of fused-ring (bicyclic) bond motifs is 1. The number of hydrogen-bond donors (Lipinski definition) is 2. The fraction of sp³-hybridized carbons (Fsp3) is 0. The van der Waals surface area contributed by atoms with E-state index in [9.17, 15) is 5.11 Å². The monoisotopic (exact) mass is 414 g/mol. The van der Waals surface area contributed by atoms with Crippen molar-refractivity contribution in [3.05, 3.63) is 75.0 Å². The molecule has 0 saturated heterocycles. The van der Waals surface area contributed by atoms with Crippen LogP contribution in [-0.2, 0) is 0 Å². The minimum absolute atomic E-state index is 0.124. The van der Waals surface area contributed by atoms with Crippen molar-refractivity contribution in [3.8, 4) is 17.1 Å². The number of halogens is 2. The predicted octanol–water partition coefficient (Wildman–Crippen LogP) is 5.66. The Bertz CT molecular complexity index is 1250. The highest BCUT2D eigenvalue weighted by molar-refractivity contribution is 7.71. The zero-order valence-electron chi connectivity index (χ0n) is 13.7. The van der Waals surface area contributed by atoms with E-state index in [1.54, 1.807) is 30.5 Å². The van der Waals surface area contributed by atoms with Gasteiger partial charge in [0.1, 0.15) is 5.75 Å². The Labute approximate surface area is 169 Å². The third-order valence-corrected chi connectivity index (χ3v) is 4.88. The molecule has 0 aliphatic carbocycles. The van der Waals surface area contributed by atoms with Crippen molar-refractivity contribution < 1.29 is 5.11 Å². The van der Waals surface area contributed by atoms with E-state index < -0.39 is 0 Å². The Morgan fingerprint density at radius 3 is 2.74 bits per heavy atom. The molecule has 0 atom stereocenters. The summed E-state index contributed by atoms with van der Waals surface area (Å²) in [5, 5.41) is 24.5. The van der Waals surface area contributed by atoms with Gasteiger partial charge in [0, 0.05) is 16.1 Å². The molecule has 8 heteroatoms. The first-order valence-electron chi connectivity index (χ1n) is 7.92. The first-order chi connectivity index (χ1) is 13.0. The maximum atomic E-state index is 10.3. The van der Waals surface area contributed by atoms with Gasteiger partial charge in [0.15, 0.2) is 5.82 Å². The lowest BCUT2D eigenvalue weighted by molar-refractivity contribution is 0.475. The Balaban J connectivity index is 1.84. The lowest BCUT2D eigenvalue weighted by atomic mass is 10.0. The van der Waals surface area contributed by atoms with Gasteiger partial charge in [-0.3, -0.25) is 0 Å². The average molecular weight is 415 g/mol. The minimum Gasteiger partial charge on any atom is -0.507 e. The maximum absolute atomic E-state index is 10.3. The van der Waals surface area contributed by atoms with E-state index in [-0.39, 0.29) is 5.75 Å². The maximum Gasteiger partial charge on any atom is 0.216 e. The molecule has 1 heterocycles. The molecule has 3 aromatic carbocycles. The molecule has 27 heavy (non-hydrogen) atoms. The van der Waals surface area contributed by atoms with Gasteiger partial charge >= 0.3 is 0 Å². The summed E-state index contributed by atoms with van der Waals surface area (Å²) in [6.45, 7) is 0. The number of phenols is 1. The van der Waals surface area contributed by atoms with Gasteiger partial charge in [-0.25, -0.2) is 5.10 Å². The summed E-state index contributed by atoms with van der Waals surface area (Å²) in [6.07, 6.45) is 1.55. The van der Waals surface area contributed by atoms with Crippen LogP contribution in [0.5, 0.6) is 5.75 Å². The van der Waals surface area contributed by atoms with Crippen LogP contribution < -0.4 is 0 Å². The summed E-state index contributed by atoms with van der Waals surface area (Å²) in [6, 6.07) is 16.3. The Kier molecular flexibility index (Phi) is 4.70. The third kappa shape index (κ3) is 3.35. The molecule has 0 fully saturated rings. The largest absolute Gasteiger partial charge is 0.507 e. The van der Waals surface area contributed by atoms with Gasteiger partial charge in [-0.05, 0) is 47.3 Å². The second kappa shape index (κ2) is 7.15. The number of phenolic OH excluding ortho intramolecular Hbond substituents is 1. The fourth-order valence-corrected chi connectivity index (χ4v) is 3.45. The number of aromatic nitrogens is 3. The Hall–Kier alpha value is -2.67. The van der Waals surface area contributed by atoms with Gasteiger partial charge in [-0.2, -0.15) is 14.9 Å². The zero-order valence-corrected chi connectivity index (χ0v) is 16.1. The molecule has 0 radical (unpaired) electrons. The normalized spacial score (nSPS) is 11.5. The van der Waals surface area contributed by atoms with Crippen LogP contribution in [0.15, 0.2) is 59.7 Å². The first-order valence-corrected chi connectivity index (χ1v) is 9.09. The fourth-order valence-electron chi connectivity index (χ4n) is 2.78. The molecule has 134 valence electrons. The molecule has 4 rings (SSSR count). The van der Waals surface area contributed by atoms with Gasteiger partial charge in [-0.1, -0.05) is 53.5 Å². The second-order valence-corrected chi connectivity index (χ2v) is 6.98. The van der Waals surface area contributed by atoms with E-state index in [0.717, 1.165) is 10.8 Å². The number of benzene rings is 3. The number of H-pyrrole nitrogens is 1. The number of aromatic amines is 1. The Morgan fingerprint density at radius 1 is 1.11 bits per heavy atom. The molecule has 0 aliphatic heterocycles. The van der Waals surface area contributed by atoms with Gasteiger partial charge < -0.3 is 5.11 Å². The zero-order chi connectivity index (χ0) is 19.0. The summed E-state index contributed by atoms with van der Waals surface area (Å²) in [4.78, 5) is 0. The van der Waals surface area contributed by atoms with E-state index in [2.05, 4.69) is 15.3 Å². The lowest BCUT2D eigenvalue weighted by Crippen LogP contribution is -1.96. The first kappa shape index (κ1) is 17.7. The summed E-state index contributed by atoms with van der Waals surface area (Å²) in [5.74, 6) is 0.566. The van der Waals surface area contributed by atoms with E-state index in [0.29, 0.717) is 31.8 Å². The van der Waals surface area contributed by atoms with Crippen LogP contribution in [0.3, 0.4) is 0 Å². The molecule has 0 spiro atoms. The molecule has 1 aromatic heterocycles. The molecular formula is C19H12Cl2N4OS. The van der Waals surface area contributed by atoms with E-state index >= 15 is 0 Å². The number of nitrogens with zero attached hydrogens (tertiary/aromatic N) is 3. The van der Waals surface area contributed by atoms with Gasteiger partial charge in [0.2, 0.25) is 4.77 Å². The summed E-state index contributed by atoms with van der Waals surface area (Å²) in [7, 11) is 0. The topological polar surface area (TPSA) is 66.2 Å². The van der Waals surface area contributed by atoms with Crippen LogP contribution in [0.2, 0.25) is 10.0 Å². The van der Waals surface area contributed by atoms with Crippen molar-refractivity contribution in [1.82, 2.24) is 14.9 Å². The van der Waals surface area contributed by atoms with Crippen LogP contribution >= 0.6 is 35.4 Å². The number of nitrogens with one attached hydrogen (secondary N) is 1. The number of hydrogen-bond acceptors (Lipinski definition) is 4. The highest BCUT2D eigenvalue weighted by Gasteiger charge is 2.13. The predicted molar refractivity (Wildman–Crippen MR) is 111 cm³/mol. The highest BCUT2D eigenvalue weighted by atomic mass is 35.5. The quantitative estimate of drug-likeness (QED) is 0.335. The van der Waals surface area contributed by atoms with Crippen molar-refractivity contribution in [2.45, 2.75) is 0 Å². The van der Waals surface area contributed by atoms with E-state index in [1.807, 2.05) is 30.3 Å². The van der Waals surface area contributed by atoms with Crippen molar-refractivity contribution >= 4 is 52.4 Å². The standard InChI is InChI=1S/C19H12Cl2N4OS/c20-12-6-7-14(16(21)9-12)18-23-24-19(27)25(18)22-10-15-13-4-2-1-3-11(13)5-8-17(15)26/h1-10,26H,(H,24,27)/b22-10+. The van der Waals surface area contributed by atoms with E-state index in [1.165, 1.54) is 4.68 Å². The molecule has 2 N–H and O–H groups in total. The molecule has 4 aromatic rings. The van der Waals surface area contributed by atoms with Crippen LogP contribution in [0, 0.1) is 4.77 Å². The Morgan fingerprint density at radius 2 is 1.93 bits per heavy atom. The molecule has 0 bridgehead atoms. The molecule has 0 aliphatic rings. The van der Waals surface area contributed by atoms with Crippen LogP contribution in [-0.4, -0.2) is 26.2 Å². The van der Waals surface area contributed by atoms with Crippen molar-refractivity contribution in [3.63, 3.8) is 0 Å². The summed E-state index contributed by atoms with van der Waals surface area (Å²) < 4.78 is 1.75. The number of rotatable bonds is 3. The molecule has 0 saturated carbocycles. The summed E-state index contributed by atoms with van der Waals surface area (Å²) in [5.41, 5.74) is 1.22. The SMILES string of the molecule is Oc1ccc2ccccc2c1/C=N/n1c(-c2ccc(Cl)cc2Cl)n[nH]c1=S. The van der Waals surface area contributed by atoms with Crippen LogP contribution in [0.4, 0.5) is 0 Å². The molecular weight excluding hydrogens is 403 g/mol. The highest BCUT2D eigenvalue weighted by Crippen LogP contribution is 2.30. The van der Waals surface area contributed by atoms with Crippen LogP contribution in [0.25, 0.3) is 22.2 Å². The van der Waals surface area contributed by atoms with Crippen LogP contribution in [0.1, 0.15) is 5.56 Å². The number of aromatic hydroxyl groups is 1. The van der Waals surface area contributed by atoms with Crippen molar-refractivity contribution in [2.24, 2.45) is 5.10 Å². The second-order valence-electron chi connectivity index (χ2n) is 5.75. The van der Waals surface area contributed by atoms with E-state index in [4.69, 9.17) is 35.4 Å². The van der Waals surface area contributed by atoms with Gasteiger partial charge in [-0.15, -0.1) is 0 Å². The lowest BCUT2D eigenvalue weighted by Gasteiger charge is -2.06. The van der Waals surface area contributed by atoms with Gasteiger partial charge in [0.25, 0.3) is 0 Å². The smallest absolute Gasteiger partial charge is 0.216 e. The third-order valence-electron chi connectivity index (χ3n) is 4.07. The average Bonchev–Trinajstić information content (AvgIpc) is 3.01. The summed E-state index contributed by atoms with van der Waals surface area (Å²) >= 11 is 17.5. The molecule has 5 nitrogen and oxygen atoms in total.